The average Bonchev–Trinajstić information content (AvgIpc) is 3.30. The summed E-state index contributed by atoms with van der Waals surface area (Å²) in [6.07, 6.45) is 4.77. The van der Waals surface area contributed by atoms with Crippen molar-refractivity contribution in [2.75, 3.05) is 5.32 Å². The number of ether oxygens (including phenoxy) is 1. The molecular weight excluding hydrogens is 580 g/mol. The number of hydrogen-bond acceptors (Lipinski definition) is 4. The number of amides is 1. The Morgan fingerprint density at radius 1 is 1.10 bits per heavy atom. The summed E-state index contributed by atoms with van der Waals surface area (Å²) in [5.41, 5.74) is 6.04. The summed E-state index contributed by atoms with van der Waals surface area (Å²) in [4.78, 5) is 19.9. The normalized spacial score (nSPS) is 15.2. The second-order valence-electron chi connectivity index (χ2n) is 11.5. The molecule has 1 aromatic heterocycles. The van der Waals surface area contributed by atoms with E-state index in [2.05, 4.69) is 73.2 Å². The predicted molar refractivity (Wildman–Crippen MR) is 171 cm³/mol. The molecule has 1 aliphatic rings. The Labute approximate surface area is 249 Å². The van der Waals surface area contributed by atoms with Crippen LogP contribution in [-0.4, -0.2) is 12.1 Å². The number of benzene rings is 3. The van der Waals surface area contributed by atoms with Gasteiger partial charge in [-0.05, 0) is 79.0 Å². The van der Waals surface area contributed by atoms with Crippen LogP contribution >= 0.6 is 27.3 Å². The van der Waals surface area contributed by atoms with Crippen LogP contribution < -0.4 is 10.1 Å². The third kappa shape index (κ3) is 6.73. The molecule has 1 atom stereocenters. The molecule has 1 N–H and O–H groups in total. The molecular formula is C34H35BrN2O2S. The van der Waals surface area contributed by atoms with Gasteiger partial charge in [-0.2, -0.15) is 0 Å². The monoisotopic (exact) mass is 614 g/mol. The standard InChI is InChI=1S/C34H35BrN2O2S/c1-22-10-12-23(13-11-22)21-39-29-17-15-26(35)18-24(29)20-36-33-31(32(38)37-27-8-6-5-7-9-27)28-16-14-25(34(2,3)4)19-30(28)40-33/h5-13,15,17-18,20,25H,14,16,19,21H2,1-4H3,(H,37,38)/t25-/m0/s1. The lowest BCUT2D eigenvalue weighted by atomic mass is 9.72. The number of carbonyl (C=O) groups is 1. The Balaban J connectivity index is 1.46. The smallest absolute Gasteiger partial charge is 0.259 e. The second kappa shape index (κ2) is 12.1. The van der Waals surface area contributed by atoms with Crippen LogP contribution in [0.5, 0.6) is 5.75 Å². The Hall–Kier alpha value is -3.22. The van der Waals surface area contributed by atoms with Crippen molar-refractivity contribution in [3.05, 3.63) is 110 Å². The van der Waals surface area contributed by atoms with E-state index in [-0.39, 0.29) is 11.3 Å². The molecule has 206 valence electrons. The minimum atomic E-state index is -0.102. The zero-order valence-electron chi connectivity index (χ0n) is 23.5. The highest BCUT2D eigenvalue weighted by atomic mass is 79.9. The molecule has 0 radical (unpaired) electrons. The zero-order chi connectivity index (χ0) is 28.3. The number of nitrogens with zero attached hydrogens (tertiary/aromatic N) is 1. The Bertz CT molecular complexity index is 1520. The van der Waals surface area contributed by atoms with Gasteiger partial charge in [0.2, 0.25) is 0 Å². The fourth-order valence-corrected chi connectivity index (χ4v) is 6.72. The molecule has 0 unspecified atom stereocenters. The van der Waals surface area contributed by atoms with Gasteiger partial charge in [-0.15, -0.1) is 11.3 Å². The molecule has 0 bridgehead atoms. The average molecular weight is 616 g/mol. The maximum absolute atomic E-state index is 13.7. The van der Waals surface area contributed by atoms with Gasteiger partial charge in [-0.3, -0.25) is 4.79 Å². The largest absolute Gasteiger partial charge is 0.488 e. The number of fused-ring (bicyclic) bond motifs is 1. The number of anilines is 1. The maximum atomic E-state index is 13.7. The van der Waals surface area contributed by atoms with Gasteiger partial charge in [0.15, 0.2) is 0 Å². The number of halogens is 1. The van der Waals surface area contributed by atoms with Crippen LogP contribution in [0.2, 0.25) is 0 Å². The molecule has 1 aliphatic carbocycles. The number of aliphatic imine (C=N–C) groups is 1. The van der Waals surface area contributed by atoms with E-state index in [0.717, 1.165) is 56.9 Å². The Morgan fingerprint density at radius 2 is 1.85 bits per heavy atom. The predicted octanol–water partition coefficient (Wildman–Crippen LogP) is 9.55. The summed E-state index contributed by atoms with van der Waals surface area (Å²) in [6.45, 7) is 9.47. The quantitative estimate of drug-likeness (QED) is 0.211. The van der Waals surface area contributed by atoms with E-state index in [1.807, 2.05) is 54.7 Å². The van der Waals surface area contributed by atoms with Gasteiger partial charge in [0, 0.05) is 26.8 Å². The lowest BCUT2D eigenvalue weighted by Crippen LogP contribution is -2.27. The first-order valence-electron chi connectivity index (χ1n) is 13.7. The minimum Gasteiger partial charge on any atom is -0.488 e. The van der Waals surface area contributed by atoms with Gasteiger partial charge in [-0.1, -0.05) is 84.7 Å². The van der Waals surface area contributed by atoms with E-state index < -0.39 is 0 Å². The number of hydrogen-bond donors (Lipinski definition) is 1. The first-order chi connectivity index (χ1) is 19.2. The van der Waals surface area contributed by atoms with E-state index in [4.69, 9.17) is 9.73 Å². The van der Waals surface area contributed by atoms with E-state index in [1.54, 1.807) is 11.3 Å². The minimum absolute atomic E-state index is 0.102. The van der Waals surface area contributed by atoms with Gasteiger partial charge in [0.05, 0.1) is 5.56 Å². The van der Waals surface area contributed by atoms with E-state index in [9.17, 15) is 4.79 Å². The number of rotatable bonds is 7. The van der Waals surface area contributed by atoms with Crippen LogP contribution in [0, 0.1) is 18.3 Å². The molecule has 1 heterocycles. The van der Waals surface area contributed by atoms with Crippen LogP contribution in [0.1, 0.15) is 64.7 Å². The van der Waals surface area contributed by atoms with Gasteiger partial charge < -0.3 is 10.1 Å². The number of para-hydroxylation sites is 1. The van der Waals surface area contributed by atoms with Crippen LogP contribution in [0.25, 0.3) is 0 Å². The summed E-state index contributed by atoms with van der Waals surface area (Å²) in [5, 5.41) is 3.85. The molecule has 0 fully saturated rings. The van der Waals surface area contributed by atoms with Crippen molar-refractivity contribution >= 4 is 50.1 Å². The van der Waals surface area contributed by atoms with Gasteiger partial charge >= 0.3 is 0 Å². The first-order valence-corrected chi connectivity index (χ1v) is 15.3. The fraction of sp³-hybridized carbons (Fsp3) is 0.294. The molecule has 5 rings (SSSR count). The Kier molecular flexibility index (Phi) is 8.57. The van der Waals surface area contributed by atoms with E-state index >= 15 is 0 Å². The third-order valence-electron chi connectivity index (χ3n) is 7.54. The summed E-state index contributed by atoms with van der Waals surface area (Å²) >= 11 is 5.24. The number of aryl methyl sites for hydroxylation is 1. The molecule has 6 heteroatoms. The first kappa shape index (κ1) is 28.3. The summed E-state index contributed by atoms with van der Waals surface area (Å²) in [5.74, 6) is 1.22. The highest BCUT2D eigenvalue weighted by molar-refractivity contribution is 9.10. The molecule has 0 spiro atoms. The number of carbonyl (C=O) groups excluding carboxylic acids is 1. The lowest BCUT2D eigenvalue weighted by Gasteiger charge is -2.33. The van der Waals surface area contributed by atoms with Crippen molar-refractivity contribution in [1.29, 1.82) is 0 Å². The van der Waals surface area contributed by atoms with Crippen molar-refractivity contribution in [2.24, 2.45) is 16.3 Å². The van der Waals surface area contributed by atoms with Crippen molar-refractivity contribution in [3.63, 3.8) is 0 Å². The molecule has 4 aromatic rings. The summed E-state index contributed by atoms with van der Waals surface area (Å²) in [7, 11) is 0. The highest BCUT2D eigenvalue weighted by Crippen LogP contribution is 2.45. The van der Waals surface area contributed by atoms with Gasteiger partial charge in [-0.25, -0.2) is 4.99 Å². The maximum Gasteiger partial charge on any atom is 0.259 e. The molecule has 1 amide bonds. The van der Waals surface area contributed by atoms with Crippen LogP contribution in [0.3, 0.4) is 0 Å². The number of thiophene rings is 1. The van der Waals surface area contributed by atoms with Crippen LogP contribution in [0.15, 0.2) is 82.3 Å². The molecule has 0 aliphatic heterocycles. The van der Waals surface area contributed by atoms with E-state index in [1.165, 1.54) is 10.4 Å². The molecule has 0 saturated carbocycles. The lowest BCUT2D eigenvalue weighted by molar-refractivity contribution is 0.102. The number of nitrogens with one attached hydrogen (secondary N) is 1. The third-order valence-corrected chi connectivity index (χ3v) is 9.19. The molecule has 0 saturated heterocycles. The van der Waals surface area contributed by atoms with Crippen molar-refractivity contribution < 1.29 is 9.53 Å². The van der Waals surface area contributed by atoms with Crippen LogP contribution in [-0.2, 0) is 19.4 Å². The van der Waals surface area contributed by atoms with Crippen molar-refractivity contribution in [3.8, 4) is 5.75 Å². The van der Waals surface area contributed by atoms with Crippen molar-refractivity contribution in [2.45, 2.75) is 53.6 Å². The van der Waals surface area contributed by atoms with Gasteiger partial charge in [0.25, 0.3) is 5.91 Å². The van der Waals surface area contributed by atoms with E-state index in [0.29, 0.717) is 18.1 Å². The highest BCUT2D eigenvalue weighted by Gasteiger charge is 2.33. The molecule has 40 heavy (non-hydrogen) atoms. The second-order valence-corrected chi connectivity index (χ2v) is 13.5. The topological polar surface area (TPSA) is 50.7 Å². The fourth-order valence-electron chi connectivity index (χ4n) is 5.08. The van der Waals surface area contributed by atoms with Gasteiger partial charge in [0.1, 0.15) is 17.4 Å². The summed E-state index contributed by atoms with van der Waals surface area (Å²) in [6, 6.07) is 23.9. The SMILES string of the molecule is Cc1ccc(COc2ccc(Br)cc2C=Nc2sc3c(c2C(=O)Nc2ccccc2)CC[C@H](C(C)(C)C)C3)cc1. The Morgan fingerprint density at radius 3 is 2.58 bits per heavy atom. The zero-order valence-corrected chi connectivity index (χ0v) is 25.9. The van der Waals surface area contributed by atoms with Crippen molar-refractivity contribution in [1.82, 2.24) is 0 Å². The molecule has 4 nitrogen and oxygen atoms in total. The molecule has 3 aromatic carbocycles. The van der Waals surface area contributed by atoms with Crippen LogP contribution in [0.4, 0.5) is 10.7 Å². The summed E-state index contributed by atoms with van der Waals surface area (Å²) < 4.78 is 7.15.